The lowest BCUT2D eigenvalue weighted by Gasteiger charge is -2.21. The van der Waals surface area contributed by atoms with Crippen LogP contribution in [0.1, 0.15) is 38.5 Å². The number of ether oxygens (including phenoxy) is 1. The van der Waals surface area contributed by atoms with E-state index < -0.39 is 54.5 Å². The van der Waals surface area contributed by atoms with Crippen molar-refractivity contribution in [3.8, 4) is 0 Å². The van der Waals surface area contributed by atoms with Crippen LogP contribution in [0, 0.1) is 11.8 Å². The van der Waals surface area contributed by atoms with Crippen molar-refractivity contribution in [3.05, 3.63) is 0 Å². The van der Waals surface area contributed by atoms with Crippen molar-refractivity contribution in [1.82, 2.24) is 0 Å². The zero-order valence-corrected chi connectivity index (χ0v) is 15.8. The Morgan fingerprint density at radius 1 is 0.600 bits per heavy atom. The third-order valence-electron chi connectivity index (χ3n) is 4.35. The lowest BCUT2D eigenvalue weighted by atomic mass is 9.85. The van der Waals surface area contributed by atoms with Crippen LogP contribution in [0.15, 0.2) is 0 Å². The van der Waals surface area contributed by atoms with Crippen LogP contribution >= 0.6 is 0 Å². The van der Waals surface area contributed by atoms with Crippen LogP contribution in [0.5, 0.6) is 0 Å². The first-order valence-electron chi connectivity index (χ1n) is 9.06. The summed E-state index contributed by atoms with van der Waals surface area (Å²) in [4.78, 5) is 54.1. The summed E-state index contributed by atoms with van der Waals surface area (Å²) < 4.78 is 5.05. The van der Waals surface area contributed by atoms with Gasteiger partial charge in [0.15, 0.2) is 6.10 Å². The van der Waals surface area contributed by atoms with Crippen molar-refractivity contribution in [1.29, 1.82) is 0 Å². The second-order valence-corrected chi connectivity index (χ2v) is 6.39. The van der Waals surface area contributed by atoms with Crippen LogP contribution < -0.4 is 0 Å². The average molecular weight is 440 g/mol. The molecule has 0 bridgehead atoms. The van der Waals surface area contributed by atoms with Gasteiger partial charge < -0.3 is 25.2 Å². The maximum absolute atomic E-state index is 11.5. The van der Waals surface area contributed by atoms with Crippen LogP contribution in [0.2, 0.25) is 0 Å². The Kier molecular flexibility index (Phi) is 11.8. The van der Waals surface area contributed by atoms with Gasteiger partial charge in [0.05, 0.1) is 18.4 Å². The van der Waals surface area contributed by atoms with Gasteiger partial charge in [-0.15, -0.1) is 0 Å². The molecule has 0 saturated carbocycles. The molecule has 14 nitrogen and oxygen atoms in total. The van der Waals surface area contributed by atoms with E-state index in [4.69, 9.17) is 14.9 Å². The summed E-state index contributed by atoms with van der Waals surface area (Å²) in [5.41, 5.74) is 0. The van der Waals surface area contributed by atoms with Crippen LogP contribution in [0.4, 0.5) is 0 Å². The maximum atomic E-state index is 11.5. The highest BCUT2D eigenvalue weighted by atomic mass is 17.8. The number of rotatable bonds is 4. The average Bonchev–Trinajstić information content (AvgIpc) is 2.66. The van der Waals surface area contributed by atoms with Crippen molar-refractivity contribution in [2.24, 2.45) is 11.8 Å². The van der Waals surface area contributed by atoms with E-state index in [0.29, 0.717) is 25.7 Å². The highest BCUT2D eigenvalue weighted by molar-refractivity contribution is 5.83. The molecule has 30 heavy (non-hydrogen) atoms. The van der Waals surface area contributed by atoms with E-state index in [9.17, 15) is 29.4 Å². The summed E-state index contributed by atoms with van der Waals surface area (Å²) >= 11 is 0. The highest BCUT2D eigenvalue weighted by Gasteiger charge is 2.38. The van der Waals surface area contributed by atoms with Gasteiger partial charge in [-0.2, -0.15) is 4.89 Å². The van der Waals surface area contributed by atoms with E-state index in [1.54, 1.807) is 0 Å². The monoisotopic (exact) mass is 440 g/mol. The zero-order chi connectivity index (χ0) is 22.5. The molecule has 172 valence electrons. The molecule has 0 amide bonds. The number of carboxylic acids is 4. The van der Waals surface area contributed by atoms with E-state index in [1.807, 2.05) is 0 Å². The molecule has 0 radical (unpaired) electrons. The molecule has 1 heterocycles. The first-order chi connectivity index (χ1) is 14.3. The summed E-state index contributed by atoms with van der Waals surface area (Å²) in [6.07, 6.45) is -2.28. The fourth-order valence-electron chi connectivity index (χ4n) is 2.83. The molecular formula is C16H24O14. The molecule has 1 saturated heterocycles. The minimum absolute atomic E-state index is 0.111. The predicted molar refractivity (Wildman–Crippen MR) is 89.0 cm³/mol. The Bertz CT molecular complexity index is 480. The highest BCUT2D eigenvalue weighted by Crippen LogP contribution is 2.24. The summed E-state index contributed by atoms with van der Waals surface area (Å²) in [6.45, 7) is -0.516. The van der Waals surface area contributed by atoms with E-state index in [2.05, 4.69) is 24.9 Å². The van der Waals surface area contributed by atoms with Crippen molar-refractivity contribution < 1.29 is 69.2 Å². The van der Waals surface area contributed by atoms with Crippen molar-refractivity contribution >= 4 is 23.9 Å². The van der Waals surface area contributed by atoms with Gasteiger partial charge in [0.2, 0.25) is 6.10 Å². The van der Waals surface area contributed by atoms with Gasteiger partial charge >= 0.3 is 23.9 Å². The van der Waals surface area contributed by atoms with Crippen LogP contribution in [-0.2, 0) is 48.8 Å². The minimum Gasteiger partial charge on any atom is -0.481 e. The Morgan fingerprint density at radius 3 is 1.80 bits per heavy atom. The Balaban J connectivity index is 2.77. The molecular weight excluding hydrogens is 416 g/mol. The molecule has 0 spiro atoms. The summed E-state index contributed by atoms with van der Waals surface area (Å²) in [5, 5.41) is 48.9. The van der Waals surface area contributed by atoms with Crippen LogP contribution in [0.25, 0.3) is 0 Å². The fraction of sp³-hybridized carbons (Fsp3) is 0.750. The summed E-state index contributed by atoms with van der Waals surface area (Å²) in [6, 6.07) is 0. The minimum atomic E-state index is -2.09. The van der Waals surface area contributed by atoms with Gasteiger partial charge in [-0.3, -0.25) is 9.59 Å². The van der Waals surface area contributed by atoms with Gasteiger partial charge in [-0.25, -0.2) is 14.5 Å². The Morgan fingerprint density at radius 2 is 1.20 bits per heavy atom. The quantitative estimate of drug-likeness (QED) is 0.437. The lowest BCUT2D eigenvalue weighted by molar-refractivity contribution is -0.712. The number of carboxylic acid groups (broad SMARTS) is 4. The van der Waals surface area contributed by atoms with Gasteiger partial charge in [-0.1, -0.05) is 19.3 Å². The predicted octanol–water partition coefficient (Wildman–Crippen LogP) is 0.408. The molecule has 0 aromatic carbocycles. The molecule has 1 fully saturated rings. The van der Waals surface area contributed by atoms with Crippen LogP contribution in [0.3, 0.4) is 0 Å². The molecule has 4 N–H and O–H groups in total. The smallest absolute Gasteiger partial charge is 0.339 e. The topological polar surface area (TPSA) is 205 Å². The third-order valence-corrected chi connectivity index (χ3v) is 4.35. The molecule has 4 unspecified atom stereocenters. The second kappa shape index (κ2) is 13.8. The van der Waals surface area contributed by atoms with Crippen molar-refractivity contribution in [2.45, 2.75) is 50.7 Å². The van der Waals surface area contributed by atoms with Crippen molar-refractivity contribution in [3.63, 3.8) is 0 Å². The normalized spacial score (nSPS) is 28.5. The second-order valence-electron chi connectivity index (χ2n) is 6.39. The van der Waals surface area contributed by atoms with E-state index >= 15 is 0 Å². The number of carbonyl (C=O) groups is 4. The third kappa shape index (κ3) is 8.98. The first-order valence-corrected chi connectivity index (χ1v) is 9.06. The number of hydrogen-bond donors (Lipinski definition) is 4. The largest absolute Gasteiger partial charge is 0.481 e. The number of hydrogen-bond acceptors (Lipinski definition) is 10. The van der Waals surface area contributed by atoms with Crippen molar-refractivity contribution in [2.75, 3.05) is 13.2 Å². The fourth-order valence-corrected chi connectivity index (χ4v) is 2.83. The van der Waals surface area contributed by atoms with E-state index in [0.717, 1.165) is 0 Å². The standard InChI is InChI=1S/C16H24O14/c17-13(18)9-5-3-1-2-4-7-25-11(15(21)22)12(16(23)24)27-29-30-28-26-8-6-10(9)14(19)20/h9-12H,1-8H2,(H,17,18)(H,19,20)(H,21,22)(H,23,24). The molecule has 14 heteroatoms. The van der Waals surface area contributed by atoms with Gasteiger partial charge in [0.1, 0.15) is 0 Å². The van der Waals surface area contributed by atoms with Gasteiger partial charge in [-0.05, 0) is 34.4 Å². The summed E-state index contributed by atoms with van der Waals surface area (Å²) in [7, 11) is 0. The molecule has 4 atom stereocenters. The maximum Gasteiger partial charge on any atom is 0.339 e. The van der Waals surface area contributed by atoms with Crippen LogP contribution in [-0.4, -0.2) is 69.7 Å². The Hall–Kier alpha value is -2.36. The number of aliphatic carboxylic acids is 4. The lowest BCUT2D eigenvalue weighted by Crippen LogP contribution is -2.44. The molecule has 1 rings (SSSR count). The summed E-state index contributed by atoms with van der Waals surface area (Å²) in [5.74, 6) is -8.25. The molecule has 1 aliphatic heterocycles. The zero-order valence-electron chi connectivity index (χ0n) is 15.8. The Labute approximate surface area is 169 Å². The SMILES string of the molecule is O=C(O)C1CCCCCCOC(C(=O)O)C(C(=O)O)OOOOOCCC1C(=O)O. The van der Waals surface area contributed by atoms with Gasteiger partial charge in [0.25, 0.3) is 0 Å². The molecule has 1 aliphatic rings. The molecule has 0 aromatic rings. The molecule has 0 aliphatic carbocycles. The van der Waals surface area contributed by atoms with E-state index in [-0.39, 0.29) is 19.4 Å². The van der Waals surface area contributed by atoms with E-state index in [1.165, 1.54) is 0 Å². The first kappa shape index (κ1) is 25.7. The van der Waals surface area contributed by atoms with Gasteiger partial charge in [0, 0.05) is 6.61 Å². The molecule has 0 aromatic heterocycles.